The molecular weight excluding hydrogens is 275 g/mol. The largest absolute Gasteiger partial charge is 0.496 e. The molecule has 0 amide bonds. The first-order valence-corrected chi connectivity index (χ1v) is 6.59. The molecule has 0 bridgehead atoms. The topological polar surface area (TPSA) is 9.23 Å². The lowest BCUT2D eigenvalue weighted by Crippen LogP contribution is -1.92. The minimum absolute atomic E-state index is 0.316. The minimum Gasteiger partial charge on any atom is -0.496 e. The summed E-state index contributed by atoms with van der Waals surface area (Å²) in [5.74, 6) is 0.314. The third kappa shape index (κ3) is 2.12. The lowest BCUT2D eigenvalue weighted by atomic mass is 9.97. The third-order valence-electron chi connectivity index (χ3n) is 3.31. The average Bonchev–Trinajstić information content (AvgIpc) is 2.48. The zero-order chi connectivity index (χ0) is 14.1. The van der Waals surface area contributed by atoms with Crippen molar-refractivity contribution in [2.24, 2.45) is 0 Å². The van der Waals surface area contributed by atoms with Crippen LogP contribution in [-0.2, 0) is 0 Å². The van der Waals surface area contributed by atoms with Crippen molar-refractivity contribution in [2.45, 2.75) is 0 Å². The van der Waals surface area contributed by atoms with Crippen molar-refractivity contribution in [1.82, 2.24) is 0 Å². The fourth-order valence-electron chi connectivity index (χ4n) is 2.39. The van der Waals surface area contributed by atoms with E-state index in [9.17, 15) is 4.39 Å². The van der Waals surface area contributed by atoms with Crippen LogP contribution in [0.2, 0.25) is 5.02 Å². The zero-order valence-electron chi connectivity index (χ0n) is 10.9. The van der Waals surface area contributed by atoms with Gasteiger partial charge in [0.25, 0.3) is 0 Å². The van der Waals surface area contributed by atoms with Crippen molar-refractivity contribution in [3.05, 3.63) is 65.4 Å². The summed E-state index contributed by atoms with van der Waals surface area (Å²) < 4.78 is 19.6. The Bertz CT molecular complexity index is 783. The molecule has 3 heteroatoms. The Balaban J connectivity index is 2.41. The van der Waals surface area contributed by atoms with Crippen molar-refractivity contribution < 1.29 is 9.13 Å². The van der Waals surface area contributed by atoms with E-state index in [1.54, 1.807) is 13.2 Å². The SMILES string of the molecule is COc1ccc2ccccc2c1-c1cc(Cl)ccc1F. The van der Waals surface area contributed by atoms with Gasteiger partial charge in [-0.1, -0.05) is 41.9 Å². The summed E-state index contributed by atoms with van der Waals surface area (Å²) in [7, 11) is 1.58. The molecule has 0 aliphatic carbocycles. The van der Waals surface area contributed by atoms with E-state index in [4.69, 9.17) is 16.3 Å². The first-order chi connectivity index (χ1) is 9.70. The van der Waals surface area contributed by atoms with Gasteiger partial charge in [0, 0.05) is 16.1 Å². The van der Waals surface area contributed by atoms with E-state index in [-0.39, 0.29) is 5.82 Å². The van der Waals surface area contributed by atoms with Crippen LogP contribution in [0.1, 0.15) is 0 Å². The molecule has 0 unspecified atom stereocenters. The van der Waals surface area contributed by atoms with Gasteiger partial charge >= 0.3 is 0 Å². The van der Waals surface area contributed by atoms with Crippen molar-refractivity contribution in [3.63, 3.8) is 0 Å². The van der Waals surface area contributed by atoms with Crippen molar-refractivity contribution >= 4 is 22.4 Å². The maximum absolute atomic E-state index is 14.2. The van der Waals surface area contributed by atoms with E-state index in [0.717, 1.165) is 16.3 Å². The molecule has 0 aliphatic heterocycles. The molecule has 0 spiro atoms. The second-order valence-electron chi connectivity index (χ2n) is 4.49. The van der Waals surface area contributed by atoms with Gasteiger partial charge in [0.15, 0.2) is 0 Å². The van der Waals surface area contributed by atoms with Crippen molar-refractivity contribution in [2.75, 3.05) is 7.11 Å². The Morgan fingerprint density at radius 3 is 2.60 bits per heavy atom. The number of hydrogen-bond acceptors (Lipinski definition) is 1. The van der Waals surface area contributed by atoms with Crippen LogP contribution < -0.4 is 4.74 Å². The molecule has 3 aromatic rings. The summed E-state index contributed by atoms with van der Waals surface area (Å²) in [4.78, 5) is 0. The van der Waals surface area contributed by atoms with E-state index in [1.807, 2.05) is 36.4 Å². The molecule has 100 valence electrons. The molecule has 0 heterocycles. The molecule has 3 aromatic carbocycles. The van der Waals surface area contributed by atoms with E-state index >= 15 is 0 Å². The monoisotopic (exact) mass is 286 g/mol. The predicted molar refractivity (Wildman–Crippen MR) is 80.9 cm³/mol. The Morgan fingerprint density at radius 1 is 1.00 bits per heavy atom. The number of fused-ring (bicyclic) bond motifs is 1. The molecule has 0 atom stereocenters. The first-order valence-electron chi connectivity index (χ1n) is 6.22. The highest BCUT2D eigenvalue weighted by molar-refractivity contribution is 6.31. The lowest BCUT2D eigenvalue weighted by molar-refractivity contribution is 0.416. The summed E-state index contributed by atoms with van der Waals surface area (Å²) in [5.41, 5.74) is 1.18. The van der Waals surface area contributed by atoms with Gasteiger partial charge in [0.1, 0.15) is 11.6 Å². The van der Waals surface area contributed by atoms with Crippen LogP contribution in [0.5, 0.6) is 5.75 Å². The van der Waals surface area contributed by atoms with Gasteiger partial charge < -0.3 is 4.74 Å². The highest BCUT2D eigenvalue weighted by Crippen LogP contribution is 2.39. The number of ether oxygens (including phenoxy) is 1. The van der Waals surface area contributed by atoms with E-state index in [2.05, 4.69) is 0 Å². The Labute approximate surface area is 121 Å². The summed E-state index contributed by atoms with van der Waals surface area (Å²) in [6.45, 7) is 0. The normalized spacial score (nSPS) is 10.8. The van der Waals surface area contributed by atoms with Crippen LogP contribution in [0.4, 0.5) is 4.39 Å². The quantitative estimate of drug-likeness (QED) is 0.620. The molecule has 0 aliphatic rings. The van der Waals surface area contributed by atoms with Crippen molar-refractivity contribution in [3.8, 4) is 16.9 Å². The molecule has 0 radical (unpaired) electrons. The number of hydrogen-bond donors (Lipinski definition) is 0. The summed E-state index contributed by atoms with van der Waals surface area (Å²) in [6, 6.07) is 16.2. The molecule has 0 saturated heterocycles. The average molecular weight is 287 g/mol. The number of halogens is 2. The molecule has 20 heavy (non-hydrogen) atoms. The maximum Gasteiger partial charge on any atom is 0.131 e. The number of rotatable bonds is 2. The van der Waals surface area contributed by atoms with Crippen LogP contribution in [0.3, 0.4) is 0 Å². The second kappa shape index (κ2) is 5.14. The molecule has 0 aromatic heterocycles. The highest BCUT2D eigenvalue weighted by atomic mass is 35.5. The van der Waals surface area contributed by atoms with Crippen LogP contribution in [0, 0.1) is 5.82 Å². The van der Waals surface area contributed by atoms with Crippen LogP contribution in [0.15, 0.2) is 54.6 Å². The van der Waals surface area contributed by atoms with Gasteiger partial charge in [0.05, 0.1) is 7.11 Å². The Kier molecular flexibility index (Phi) is 3.33. The molecule has 0 fully saturated rings. The summed E-state index contributed by atoms with van der Waals surface area (Å²) in [6.07, 6.45) is 0. The zero-order valence-corrected chi connectivity index (χ0v) is 11.6. The minimum atomic E-state index is -0.316. The van der Waals surface area contributed by atoms with E-state index in [0.29, 0.717) is 16.3 Å². The van der Waals surface area contributed by atoms with Gasteiger partial charge in [-0.3, -0.25) is 0 Å². The molecular formula is C17H12ClFO. The van der Waals surface area contributed by atoms with Gasteiger partial charge in [-0.15, -0.1) is 0 Å². The van der Waals surface area contributed by atoms with E-state index in [1.165, 1.54) is 12.1 Å². The van der Waals surface area contributed by atoms with Crippen LogP contribution >= 0.6 is 11.6 Å². The fraction of sp³-hybridized carbons (Fsp3) is 0.0588. The van der Waals surface area contributed by atoms with E-state index < -0.39 is 0 Å². The molecule has 0 saturated carbocycles. The third-order valence-corrected chi connectivity index (χ3v) is 3.54. The Hall–Kier alpha value is -2.06. The smallest absolute Gasteiger partial charge is 0.131 e. The maximum atomic E-state index is 14.2. The molecule has 3 rings (SSSR count). The standard InChI is InChI=1S/C17H12ClFO/c1-20-16-9-6-11-4-2-3-5-13(11)17(16)14-10-12(18)7-8-15(14)19/h2-10H,1H3. The first kappa shape index (κ1) is 12.9. The Morgan fingerprint density at radius 2 is 1.80 bits per heavy atom. The summed E-state index contributed by atoms with van der Waals surface area (Å²) in [5, 5.41) is 2.46. The number of methoxy groups -OCH3 is 1. The van der Waals surface area contributed by atoms with Gasteiger partial charge in [-0.05, 0) is 35.0 Å². The van der Waals surface area contributed by atoms with Gasteiger partial charge in [0.2, 0.25) is 0 Å². The van der Waals surface area contributed by atoms with Gasteiger partial charge in [-0.25, -0.2) is 4.39 Å². The second-order valence-corrected chi connectivity index (χ2v) is 4.92. The van der Waals surface area contributed by atoms with Crippen LogP contribution in [0.25, 0.3) is 21.9 Å². The number of benzene rings is 3. The highest BCUT2D eigenvalue weighted by Gasteiger charge is 2.14. The van der Waals surface area contributed by atoms with Crippen LogP contribution in [-0.4, -0.2) is 7.11 Å². The van der Waals surface area contributed by atoms with Crippen molar-refractivity contribution in [1.29, 1.82) is 0 Å². The molecule has 1 nitrogen and oxygen atoms in total. The summed E-state index contributed by atoms with van der Waals surface area (Å²) >= 11 is 6.01. The predicted octanol–water partition coefficient (Wildman–Crippen LogP) is 5.31. The fourth-order valence-corrected chi connectivity index (χ4v) is 2.56. The van der Waals surface area contributed by atoms with Gasteiger partial charge in [-0.2, -0.15) is 0 Å². The molecule has 0 N–H and O–H groups in total. The lowest BCUT2D eigenvalue weighted by Gasteiger charge is -2.13.